The second kappa shape index (κ2) is 8.71. The van der Waals surface area contributed by atoms with E-state index in [0.717, 1.165) is 54.5 Å². The summed E-state index contributed by atoms with van der Waals surface area (Å²) >= 11 is 0. The van der Waals surface area contributed by atoms with Gasteiger partial charge in [0, 0.05) is 31.5 Å². The van der Waals surface area contributed by atoms with E-state index in [1.54, 1.807) is 0 Å². The van der Waals surface area contributed by atoms with Gasteiger partial charge in [0.05, 0.1) is 23.6 Å². The van der Waals surface area contributed by atoms with Crippen molar-refractivity contribution in [1.82, 2.24) is 19.8 Å². The van der Waals surface area contributed by atoms with Gasteiger partial charge in [0.15, 0.2) is 11.6 Å². The SMILES string of the molecule is O=C(CN1CCC(n2c(=O)[nH]c3ccccc32)CC1)NC1=NC2CCc3cc(F)c(F)cc3C2C1. The fraction of sp³-hybridized carbons (Fsp3) is 0.423. The number of carbonyl (C=O) groups excluding carboxylic acids is 1. The number of amides is 1. The van der Waals surface area contributed by atoms with Crippen molar-refractivity contribution >= 4 is 22.8 Å². The number of carbonyl (C=O) groups is 1. The molecule has 6 rings (SSSR count). The number of aliphatic imine (C=N–C) groups is 1. The molecule has 7 nitrogen and oxygen atoms in total. The van der Waals surface area contributed by atoms with Crippen molar-refractivity contribution in [2.24, 2.45) is 4.99 Å². The van der Waals surface area contributed by atoms with Crippen LogP contribution < -0.4 is 11.0 Å². The Morgan fingerprint density at radius 2 is 1.89 bits per heavy atom. The Bertz CT molecular complexity index is 1390. The van der Waals surface area contributed by atoms with Crippen LogP contribution >= 0.6 is 0 Å². The number of piperidine rings is 1. The standard InChI is InChI=1S/C26H27F2N5O2/c27-19-11-15-5-6-21-18(17(15)12-20(19)28)13-24(29-21)31-25(34)14-32-9-7-16(8-10-32)33-23-4-2-1-3-22(23)30-26(33)35/h1-4,11-12,16,18,21H,5-10,13-14H2,(H,30,35)(H,29,31,34). The van der Waals surface area contributed by atoms with E-state index in [4.69, 9.17) is 0 Å². The number of imidazole rings is 1. The molecule has 0 saturated carbocycles. The third-order valence-corrected chi connectivity index (χ3v) is 7.69. The van der Waals surface area contributed by atoms with Crippen molar-refractivity contribution in [3.63, 3.8) is 0 Å². The van der Waals surface area contributed by atoms with Gasteiger partial charge >= 0.3 is 5.69 Å². The molecule has 1 saturated heterocycles. The van der Waals surface area contributed by atoms with Crippen molar-refractivity contribution in [3.05, 3.63) is 69.6 Å². The van der Waals surface area contributed by atoms with Gasteiger partial charge in [0.1, 0.15) is 5.84 Å². The first-order valence-electron chi connectivity index (χ1n) is 12.2. The Labute approximate surface area is 200 Å². The Morgan fingerprint density at radius 3 is 2.71 bits per heavy atom. The molecule has 2 N–H and O–H groups in total. The number of nitrogens with zero attached hydrogens (tertiary/aromatic N) is 3. The summed E-state index contributed by atoms with van der Waals surface area (Å²) in [6.07, 6.45) is 3.54. The van der Waals surface area contributed by atoms with E-state index in [1.807, 2.05) is 28.8 Å². The van der Waals surface area contributed by atoms with E-state index >= 15 is 0 Å². The molecule has 1 fully saturated rings. The minimum Gasteiger partial charge on any atom is -0.313 e. The number of benzene rings is 2. The summed E-state index contributed by atoms with van der Waals surface area (Å²) in [5.74, 6) is -1.15. The maximum atomic E-state index is 13.8. The summed E-state index contributed by atoms with van der Waals surface area (Å²) in [4.78, 5) is 34.9. The molecule has 2 aliphatic heterocycles. The highest BCUT2D eigenvalue weighted by atomic mass is 19.2. The Hall–Kier alpha value is -3.33. The first kappa shape index (κ1) is 22.2. The average molecular weight is 480 g/mol. The molecule has 9 heteroatoms. The molecule has 0 spiro atoms. The van der Waals surface area contributed by atoms with E-state index in [-0.39, 0.29) is 36.1 Å². The van der Waals surface area contributed by atoms with Crippen LogP contribution in [0, 0.1) is 11.6 Å². The Kier molecular flexibility index (Phi) is 5.51. The third-order valence-electron chi connectivity index (χ3n) is 7.69. The van der Waals surface area contributed by atoms with Gasteiger partial charge in [0.2, 0.25) is 5.91 Å². The summed E-state index contributed by atoms with van der Waals surface area (Å²) in [7, 11) is 0. The van der Waals surface area contributed by atoms with Crippen LogP contribution in [0.4, 0.5) is 8.78 Å². The number of para-hydroxylation sites is 2. The third kappa shape index (κ3) is 4.07. The summed E-state index contributed by atoms with van der Waals surface area (Å²) in [5.41, 5.74) is 3.31. The topological polar surface area (TPSA) is 82.5 Å². The monoisotopic (exact) mass is 479 g/mol. The minimum absolute atomic E-state index is 0.00658. The maximum Gasteiger partial charge on any atom is 0.326 e. The Balaban J connectivity index is 1.05. The lowest BCUT2D eigenvalue weighted by Gasteiger charge is -2.32. The normalized spacial score (nSPS) is 22.6. The van der Waals surface area contributed by atoms with Gasteiger partial charge in [-0.05, 0) is 61.1 Å². The van der Waals surface area contributed by atoms with Gasteiger partial charge in [-0.25, -0.2) is 13.6 Å². The van der Waals surface area contributed by atoms with Crippen molar-refractivity contribution in [3.8, 4) is 0 Å². The molecular formula is C26H27F2N5O2. The first-order chi connectivity index (χ1) is 17.0. The van der Waals surface area contributed by atoms with E-state index < -0.39 is 11.6 Å². The van der Waals surface area contributed by atoms with Crippen molar-refractivity contribution in [2.45, 2.75) is 50.1 Å². The van der Waals surface area contributed by atoms with Crippen LogP contribution in [0.5, 0.6) is 0 Å². The number of fused-ring (bicyclic) bond motifs is 4. The number of halogens is 2. The highest BCUT2D eigenvalue weighted by molar-refractivity contribution is 6.00. The lowest BCUT2D eigenvalue weighted by atomic mass is 9.79. The number of amidine groups is 1. The Morgan fingerprint density at radius 1 is 1.11 bits per heavy atom. The predicted molar refractivity (Wildman–Crippen MR) is 129 cm³/mol. The smallest absolute Gasteiger partial charge is 0.313 e. The van der Waals surface area contributed by atoms with E-state index in [0.29, 0.717) is 18.7 Å². The van der Waals surface area contributed by atoms with E-state index in [9.17, 15) is 18.4 Å². The number of aromatic nitrogens is 2. The summed E-state index contributed by atoms with van der Waals surface area (Å²) < 4.78 is 29.3. The van der Waals surface area contributed by atoms with Crippen LogP contribution in [0.25, 0.3) is 11.0 Å². The second-order valence-electron chi connectivity index (χ2n) is 9.83. The number of H-pyrrole nitrogens is 1. The minimum atomic E-state index is -0.833. The molecule has 182 valence electrons. The van der Waals surface area contributed by atoms with Crippen LogP contribution in [-0.2, 0) is 11.2 Å². The van der Waals surface area contributed by atoms with Gasteiger partial charge in [-0.3, -0.25) is 19.3 Å². The molecule has 2 aromatic carbocycles. The molecule has 2 atom stereocenters. The number of hydrogen-bond acceptors (Lipinski definition) is 4. The molecule has 3 aliphatic rings. The number of aryl methyl sites for hydroxylation is 1. The largest absolute Gasteiger partial charge is 0.326 e. The fourth-order valence-corrected chi connectivity index (χ4v) is 6.00. The van der Waals surface area contributed by atoms with Gasteiger partial charge in [0.25, 0.3) is 0 Å². The number of hydrogen-bond donors (Lipinski definition) is 2. The zero-order chi connectivity index (χ0) is 24.1. The van der Waals surface area contributed by atoms with E-state index in [2.05, 4.69) is 20.2 Å². The summed E-state index contributed by atoms with van der Waals surface area (Å²) in [5, 5.41) is 2.95. The molecule has 2 unspecified atom stereocenters. The lowest BCUT2D eigenvalue weighted by molar-refractivity contribution is -0.121. The van der Waals surface area contributed by atoms with Gasteiger partial charge in [-0.15, -0.1) is 0 Å². The molecule has 1 aromatic heterocycles. The molecule has 3 aromatic rings. The van der Waals surface area contributed by atoms with Crippen molar-refractivity contribution < 1.29 is 13.6 Å². The quantitative estimate of drug-likeness (QED) is 0.605. The lowest BCUT2D eigenvalue weighted by Crippen LogP contribution is -2.44. The fourth-order valence-electron chi connectivity index (χ4n) is 6.00. The zero-order valence-corrected chi connectivity index (χ0v) is 19.3. The van der Waals surface area contributed by atoms with Crippen LogP contribution in [0.1, 0.15) is 48.8 Å². The van der Waals surface area contributed by atoms with Crippen LogP contribution in [0.2, 0.25) is 0 Å². The maximum absolute atomic E-state index is 13.8. The molecule has 0 bridgehead atoms. The first-order valence-corrected chi connectivity index (χ1v) is 12.2. The molecule has 0 radical (unpaired) electrons. The molecular weight excluding hydrogens is 452 g/mol. The number of rotatable bonds is 3. The molecule has 1 amide bonds. The summed E-state index contributed by atoms with van der Waals surface area (Å²) in [6.45, 7) is 1.71. The number of nitrogens with one attached hydrogen (secondary N) is 2. The van der Waals surface area contributed by atoms with Gasteiger partial charge in [-0.2, -0.15) is 0 Å². The highest BCUT2D eigenvalue weighted by Gasteiger charge is 2.36. The molecule has 35 heavy (non-hydrogen) atoms. The predicted octanol–water partition coefficient (Wildman–Crippen LogP) is 3.26. The van der Waals surface area contributed by atoms with Crippen LogP contribution in [0.3, 0.4) is 0 Å². The van der Waals surface area contributed by atoms with E-state index in [1.165, 1.54) is 12.1 Å². The number of likely N-dealkylation sites (tertiary alicyclic amines) is 1. The zero-order valence-electron chi connectivity index (χ0n) is 19.3. The van der Waals surface area contributed by atoms with Crippen LogP contribution in [0.15, 0.2) is 46.2 Å². The van der Waals surface area contributed by atoms with Crippen molar-refractivity contribution in [2.75, 3.05) is 19.6 Å². The van der Waals surface area contributed by atoms with Crippen molar-refractivity contribution in [1.29, 1.82) is 0 Å². The molecule has 3 heterocycles. The van der Waals surface area contributed by atoms with Crippen LogP contribution in [-0.4, -0.2) is 51.9 Å². The highest BCUT2D eigenvalue weighted by Crippen LogP contribution is 2.40. The average Bonchev–Trinajstić information content (AvgIpc) is 3.40. The van der Waals surface area contributed by atoms with Gasteiger partial charge < -0.3 is 10.3 Å². The second-order valence-corrected chi connectivity index (χ2v) is 9.83. The molecule has 1 aliphatic carbocycles. The van der Waals surface area contributed by atoms with Gasteiger partial charge in [-0.1, -0.05) is 12.1 Å². The summed E-state index contributed by atoms with van der Waals surface area (Å²) in [6, 6.07) is 10.4. The number of aromatic amines is 1.